The van der Waals surface area contributed by atoms with Gasteiger partial charge in [-0.15, -0.1) is 0 Å². The van der Waals surface area contributed by atoms with Crippen LogP contribution in [0.5, 0.6) is 0 Å². The zero-order chi connectivity index (χ0) is 15.6. The molecular formula is C17H23NO3. The second kappa shape index (κ2) is 5.88. The van der Waals surface area contributed by atoms with Crippen molar-refractivity contribution < 1.29 is 14.7 Å². The molecule has 0 aliphatic heterocycles. The Morgan fingerprint density at radius 2 is 2.00 bits per heavy atom. The molecule has 1 aromatic carbocycles. The molecule has 1 aliphatic carbocycles. The first-order chi connectivity index (χ1) is 9.83. The molecule has 0 aromatic heterocycles. The average molecular weight is 289 g/mol. The van der Waals surface area contributed by atoms with Crippen molar-refractivity contribution in [3.8, 4) is 0 Å². The minimum absolute atomic E-state index is 0.0253. The fourth-order valence-electron chi connectivity index (χ4n) is 2.88. The smallest absolute Gasteiger partial charge is 0.309 e. The fraction of sp³-hybridized carbons (Fsp3) is 0.529. The lowest BCUT2D eigenvalue weighted by Gasteiger charge is -2.34. The fourth-order valence-corrected chi connectivity index (χ4v) is 2.88. The van der Waals surface area contributed by atoms with Gasteiger partial charge in [-0.1, -0.05) is 24.3 Å². The van der Waals surface area contributed by atoms with Crippen LogP contribution in [0.2, 0.25) is 0 Å². The number of carboxylic acids is 1. The quantitative estimate of drug-likeness (QED) is 0.927. The lowest BCUT2D eigenvalue weighted by molar-refractivity contribution is -0.151. The molecule has 0 fully saturated rings. The number of carbonyl (C=O) groups excluding carboxylic acids is 1. The van der Waals surface area contributed by atoms with E-state index in [9.17, 15) is 9.59 Å². The van der Waals surface area contributed by atoms with Gasteiger partial charge < -0.3 is 10.0 Å². The molecule has 1 atom stereocenters. The van der Waals surface area contributed by atoms with Crippen LogP contribution in [-0.4, -0.2) is 28.9 Å². The first-order valence-electron chi connectivity index (χ1n) is 7.40. The summed E-state index contributed by atoms with van der Waals surface area (Å²) in [7, 11) is 1.78. The van der Waals surface area contributed by atoms with Gasteiger partial charge in [-0.05, 0) is 44.2 Å². The van der Waals surface area contributed by atoms with Gasteiger partial charge in [-0.2, -0.15) is 0 Å². The number of fused-ring (bicyclic) bond motifs is 1. The summed E-state index contributed by atoms with van der Waals surface area (Å²) in [6.07, 6.45) is 3.07. The molecule has 4 heteroatoms. The Balaban J connectivity index is 2.16. The molecule has 0 saturated heterocycles. The van der Waals surface area contributed by atoms with E-state index in [0.29, 0.717) is 0 Å². The number of carboxylic acid groups (broad SMARTS) is 1. The minimum Gasteiger partial charge on any atom is -0.481 e. The zero-order valence-corrected chi connectivity index (χ0v) is 12.9. The molecule has 1 aromatic rings. The summed E-state index contributed by atoms with van der Waals surface area (Å²) in [6.45, 7) is 3.19. The van der Waals surface area contributed by atoms with Crippen molar-refractivity contribution in [2.45, 2.75) is 45.6 Å². The molecular weight excluding hydrogens is 266 g/mol. The van der Waals surface area contributed by atoms with E-state index in [-0.39, 0.29) is 18.4 Å². The Kier molecular flexibility index (Phi) is 4.35. The Hall–Kier alpha value is -1.84. The molecule has 114 valence electrons. The van der Waals surface area contributed by atoms with E-state index in [1.54, 1.807) is 25.8 Å². The highest BCUT2D eigenvalue weighted by Crippen LogP contribution is 2.34. The first kappa shape index (κ1) is 15.5. The van der Waals surface area contributed by atoms with Gasteiger partial charge in [0.15, 0.2) is 0 Å². The maximum Gasteiger partial charge on any atom is 0.309 e. The number of hydrogen-bond donors (Lipinski definition) is 1. The number of aryl methyl sites for hydroxylation is 1. The maximum atomic E-state index is 12.4. The Morgan fingerprint density at radius 1 is 1.33 bits per heavy atom. The van der Waals surface area contributed by atoms with Gasteiger partial charge in [-0.25, -0.2) is 0 Å². The summed E-state index contributed by atoms with van der Waals surface area (Å²) in [6, 6.07) is 8.27. The van der Waals surface area contributed by atoms with Crippen LogP contribution in [0, 0.1) is 5.41 Å². The minimum atomic E-state index is -1.03. The molecule has 0 bridgehead atoms. The molecule has 0 heterocycles. The summed E-state index contributed by atoms with van der Waals surface area (Å²) in [5.41, 5.74) is 1.47. The highest BCUT2D eigenvalue weighted by molar-refractivity contribution is 5.84. The average Bonchev–Trinajstić information content (AvgIpc) is 2.45. The predicted octanol–water partition coefficient (Wildman–Crippen LogP) is 3.02. The summed E-state index contributed by atoms with van der Waals surface area (Å²) in [5.74, 6) is -1.04. The maximum absolute atomic E-state index is 12.4. The first-order valence-corrected chi connectivity index (χ1v) is 7.40. The third-order valence-electron chi connectivity index (χ3n) is 4.37. The molecule has 1 unspecified atom stereocenters. The summed E-state index contributed by atoms with van der Waals surface area (Å²) < 4.78 is 0. The Labute approximate surface area is 125 Å². The van der Waals surface area contributed by atoms with Gasteiger partial charge in [0.25, 0.3) is 0 Å². The number of amides is 1. The van der Waals surface area contributed by atoms with E-state index >= 15 is 0 Å². The van der Waals surface area contributed by atoms with Crippen molar-refractivity contribution in [3.63, 3.8) is 0 Å². The number of hydrogen-bond acceptors (Lipinski definition) is 2. The third-order valence-corrected chi connectivity index (χ3v) is 4.37. The van der Waals surface area contributed by atoms with Crippen molar-refractivity contribution in [3.05, 3.63) is 35.4 Å². The van der Waals surface area contributed by atoms with Gasteiger partial charge in [0, 0.05) is 13.5 Å². The number of aliphatic carboxylic acids is 1. The lowest BCUT2D eigenvalue weighted by atomic mass is 9.85. The van der Waals surface area contributed by atoms with E-state index in [1.165, 1.54) is 11.1 Å². The standard InChI is InChI=1S/C17H23NO3/c1-17(2,16(20)21)11-15(19)18(3)14-10-6-8-12-7-4-5-9-13(12)14/h4-5,7,9,14H,6,8,10-11H2,1-3H3,(H,20,21). The molecule has 0 radical (unpaired) electrons. The van der Waals surface area contributed by atoms with Crippen LogP contribution in [0.1, 0.15) is 50.3 Å². The van der Waals surface area contributed by atoms with Crippen LogP contribution in [0.15, 0.2) is 24.3 Å². The van der Waals surface area contributed by atoms with Gasteiger partial charge in [0.1, 0.15) is 0 Å². The number of benzene rings is 1. The molecule has 1 aliphatic rings. The highest BCUT2D eigenvalue weighted by atomic mass is 16.4. The van der Waals surface area contributed by atoms with Crippen LogP contribution in [0.3, 0.4) is 0 Å². The molecule has 4 nitrogen and oxygen atoms in total. The summed E-state index contributed by atoms with van der Waals surface area (Å²) in [4.78, 5) is 25.3. The lowest BCUT2D eigenvalue weighted by Crippen LogP contribution is -2.37. The molecule has 1 amide bonds. The van der Waals surface area contributed by atoms with Crippen LogP contribution < -0.4 is 0 Å². The van der Waals surface area contributed by atoms with E-state index in [2.05, 4.69) is 12.1 Å². The largest absolute Gasteiger partial charge is 0.481 e. The molecule has 2 rings (SSSR count). The van der Waals surface area contributed by atoms with Gasteiger partial charge >= 0.3 is 5.97 Å². The molecule has 0 spiro atoms. The van der Waals surface area contributed by atoms with Gasteiger partial charge in [0.05, 0.1) is 11.5 Å². The van der Waals surface area contributed by atoms with E-state index in [1.807, 2.05) is 12.1 Å². The molecule has 0 saturated carbocycles. The topological polar surface area (TPSA) is 57.6 Å². The monoisotopic (exact) mass is 289 g/mol. The van der Waals surface area contributed by atoms with E-state index in [0.717, 1.165) is 19.3 Å². The second-order valence-corrected chi connectivity index (χ2v) is 6.48. The summed E-state index contributed by atoms with van der Waals surface area (Å²) >= 11 is 0. The van der Waals surface area contributed by atoms with Gasteiger partial charge in [-0.3, -0.25) is 9.59 Å². The highest BCUT2D eigenvalue weighted by Gasteiger charge is 2.34. The zero-order valence-electron chi connectivity index (χ0n) is 12.9. The van der Waals surface area contributed by atoms with Crippen molar-refractivity contribution in [1.82, 2.24) is 4.90 Å². The van der Waals surface area contributed by atoms with Crippen molar-refractivity contribution >= 4 is 11.9 Å². The normalized spacial score (nSPS) is 18.0. The van der Waals surface area contributed by atoms with Crippen molar-refractivity contribution in [1.29, 1.82) is 0 Å². The molecule has 21 heavy (non-hydrogen) atoms. The van der Waals surface area contributed by atoms with Crippen molar-refractivity contribution in [2.75, 3.05) is 7.05 Å². The van der Waals surface area contributed by atoms with Crippen LogP contribution in [0.4, 0.5) is 0 Å². The van der Waals surface area contributed by atoms with Crippen LogP contribution in [0.25, 0.3) is 0 Å². The molecule has 1 N–H and O–H groups in total. The van der Waals surface area contributed by atoms with Gasteiger partial charge in [0.2, 0.25) is 5.91 Å². The number of nitrogens with zero attached hydrogens (tertiary/aromatic N) is 1. The third kappa shape index (κ3) is 3.26. The second-order valence-electron chi connectivity index (χ2n) is 6.48. The van der Waals surface area contributed by atoms with Crippen LogP contribution in [-0.2, 0) is 16.0 Å². The van der Waals surface area contributed by atoms with E-state index < -0.39 is 11.4 Å². The van der Waals surface area contributed by atoms with E-state index in [4.69, 9.17) is 5.11 Å². The SMILES string of the molecule is CN(C(=O)CC(C)(C)C(=O)O)C1CCCc2ccccc21. The van der Waals surface area contributed by atoms with Crippen LogP contribution >= 0.6 is 0 Å². The van der Waals surface area contributed by atoms with Crippen molar-refractivity contribution in [2.24, 2.45) is 5.41 Å². The summed E-state index contributed by atoms with van der Waals surface area (Å²) in [5, 5.41) is 9.17. The number of carbonyl (C=O) groups is 2. The Bertz CT molecular complexity index is 551. The predicted molar refractivity (Wildman–Crippen MR) is 80.9 cm³/mol. The number of rotatable bonds is 4. The Morgan fingerprint density at radius 3 is 2.67 bits per heavy atom.